The van der Waals surface area contributed by atoms with Crippen molar-refractivity contribution in [3.63, 3.8) is 0 Å². The third-order valence-corrected chi connectivity index (χ3v) is 4.12. The Morgan fingerprint density at radius 3 is 2.46 bits per heavy atom. The summed E-state index contributed by atoms with van der Waals surface area (Å²) >= 11 is 0. The average Bonchev–Trinajstić information content (AvgIpc) is 1.94. The molecule has 0 radical (unpaired) electrons. The van der Waals surface area contributed by atoms with Gasteiger partial charge in [0.15, 0.2) is 0 Å². The van der Waals surface area contributed by atoms with Crippen molar-refractivity contribution in [2.45, 2.75) is 11.7 Å². The smallest absolute Gasteiger partial charge is 0.203 e. The first-order valence-electron chi connectivity index (χ1n) is 4.49. The van der Waals surface area contributed by atoms with Gasteiger partial charge in [-0.05, 0) is 0 Å². The summed E-state index contributed by atoms with van der Waals surface area (Å²) in [4.78, 5) is 9.44. The van der Waals surface area contributed by atoms with Gasteiger partial charge < -0.3 is 21.3 Å². The zero-order valence-electron chi connectivity index (χ0n) is 7.86. The second-order valence-electron chi connectivity index (χ2n) is 3.58. The van der Waals surface area contributed by atoms with E-state index in [1.165, 1.54) is 6.66 Å². The van der Waals surface area contributed by atoms with Crippen molar-refractivity contribution in [1.82, 2.24) is 10.6 Å². The monoisotopic (exact) mass is 207 g/mol. The van der Waals surface area contributed by atoms with E-state index in [9.17, 15) is 9.46 Å². The van der Waals surface area contributed by atoms with Gasteiger partial charge in [-0.15, -0.1) is 0 Å². The molecule has 13 heavy (non-hydrogen) atoms. The van der Waals surface area contributed by atoms with E-state index in [4.69, 9.17) is 5.73 Å². The van der Waals surface area contributed by atoms with E-state index in [2.05, 4.69) is 10.6 Å². The van der Waals surface area contributed by atoms with Crippen LogP contribution in [0.1, 0.15) is 0 Å². The normalized spacial score (nSPS) is 35.9. The van der Waals surface area contributed by atoms with Gasteiger partial charge in [0, 0.05) is 38.9 Å². The van der Waals surface area contributed by atoms with Gasteiger partial charge >= 0.3 is 0 Å². The molecule has 1 heterocycles. The van der Waals surface area contributed by atoms with Crippen molar-refractivity contribution in [2.24, 2.45) is 5.73 Å². The molecule has 1 saturated heterocycles. The van der Waals surface area contributed by atoms with Crippen LogP contribution in [0.15, 0.2) is 0 Å². The van der Waals surface area contributed by atoms with Gasteiger partial charge in [-0.3, -0.25) is 4.57 Å². The minimum Gasteiger partial charge on any atom is -0.344 e. The van der Waals surface area contributed by atoms with Crippen LogP contribution in [-0.2, 0) is 4.57 Å². The maximum Gasteiger partial charge on any atom is 0.203 e. The molecule has 1 fully saturated rings. The highest BCUT2D eigenvalue weighted by Gasteiger charge is 2.31. The van der Waals surface area contributed by atoms with Crippen molar-refractivity contribution in [2.75, 3.05) is 32.8 Å². The van der Waals surface area contributed by atoms with Gasteiger partial charge in [-0.25, -0.2) is 0 Å². The van der Waals surface area contributed by atoms with E-state index in [0.717, 1.165) is 13.1 Å². The van der Waals surface area contributed by atoms with Crippen LogP contribution >= 0.6 is 7.37 Å². The van der Waals surface area contributed by atoms with Gasteiger partial charge in [0.25, 0.3) is 0 Å². The largest absolute Gasteiger partial charge is 0.344 e. The van der Waals surface area contributed by atoms with Crippen LogP contribution < -0.4 is 16.4 Å². The molecule has 1 unspecified atom stereocenters. The summed E-state index contributed by atoms with van der Waals surface area (Å²) < 4.78 is 11.5. The van der Waals surface area contributed by atoms with Crippen molar-refractivity contribution >= 4 is 7.37 Å². The number of rotatable bonds is 1. The van der Waals surface area contributed by atoms with E-state index in [1.807, 2.05) is 0 Å². The molecule has 78 valence electrons. The van der Waals surface area contributed by atoms with Crippen LogP contribution in [0, 0.1) is 0 Å². The number of hydrogen-bond donors (Lipinski definition) is 4. The molecule has 0 spiro atoms. The van der Waals surface area contributed by atoms with E-state index >= 15 is 0 Å². The van der Waals surface area contributed by atoms with E-state index in [1.54, 1.807) is 0 Å². The molecule has 3 atom stereocenters. The Morgan fingerprint density at radius 1 is 1.38 bits per heavy atom. The molecule has 0 aromatic rings. The third kappa shape index (κ3) is 3.37. The number of nitrogens with one attached hydrogen (secondary N) is 2. The maximum absolute atomic E-state index is 11.5. The summed E-state index contributed by atoms with van der Waals surface area (Å²) in [5.74, 6) is 0. The Balaban J connectivity index is 2.62. The minimum atomic E-state index is -3.07. The predicted octanol–water partition coefficient (Wildman–Crippen LogP) is -1.22. The molecule has 0 amide bonds. The summed E-state index contributed by atoms with van der Waals surface area (Å²) in [6.45, 7) is 4.21. The van der Waals surface area contributed by atoms with E-state index in [-0.39, 0.29) is 11.7 Å². The second-order valence-corrected chi connectivity index (χ2v) is 6.13. The molecule has 1 aliphatic rings. The first-order chi connectivity index (χ1) is 6.02. The van der Waals surface area contributed by atoms with Gasteiger partial charge in [0.2, 0.25) is 7.37 Å². The maximum atomic E-state index is 11.5. The quantitative estimate of drug-likeness (QED) is 0.405. The first kappa shape index (κ1) is 11.1. The highest BCUT2D eigenvalue weighted by molar-refractivity contribution is 7.58. The Labute approximate surface area is 78.5 Å². The van der Waals surface area contributed by atoms with Crippen LogP contribution in [0.2, 0.25) is 0 Å². The topological polar surface area (TPSA) is 87.4 Å². The summed E-state index contributed by atoms with van der Waals surface area (Å²) in [5.41, 5.74) is 5.47. The standard InChI is InChI=1S/C7H18N3O2P/c1-13(11,12)7-5-10-3-2-9-4-6(7)8/h6-7,9-10H,2-5,8H2,1H3,(H,11,12)/t6-,7-/m0/s1. The molecule has 5 nitrogen and oxygen atoms in total. The van der Waals surface area contributed by atoms with Crippen molar-refractivity contribution in [1.29, 1.82) is 0 Å². The second kappa shape index (κ2) is 4.53. The molecule has 0 aromatic heterocycles. The fourth-order valence-corrected chi connectivity index (χ4v) is 2.79. The molecule has 0 bridgehead atoms. The lowest BCUT2D eigenvalue weighted by atomic mass is 10.2. The average molecular weight is 207 g/mol. The first-order valence-corrected chi connectivity index (χ1v) is 6.66. The van der Waals surface area contributed by atoms with E-state index < -0.39 is 7.37 Å². The highest BCUT2D eigenvalue weighted by Crippen LogP contribution is 2.42. The lowest BCUT2D eigenvalue weighted by Gasteiger charge is -2.28. The van der Waals surface area contributed by atoms with E-state index in [0.29, 0.717) is 13.1 Å². The Hall–Kier alpha value is 0.0700. The summed E-state index contributed by atoms with van der Waals surface area (Å²) in [6, 6.07) is -0.242. The summed E-state index contributed by atoms with van der Waals surface area (Å²) in [5, 5.41) is 6.22. The van der Waals surface area contributed by atoms with Gasteiger partial charge in [-0.2, -0.15) is 0 Å². The SMILES string of the molecule is CP(=O)(O)[C@H]1CNCCNC[C@@H]1N. The van der Waals surface area contributed by atoms with Crippen molar-refractivity contribution in [3.8, 4) is 0 Å². The number of nitrogens with two attached hydrogens (primary N) is 1. The molecule has 0 saturated carbocycles. The minimum absolute atomic E-state index is 0.242. The zero-order valence-corrected chi connectivity index (χ0v) is 8.76. The molecule has 1 aliphatic heterocycles. The summed E-state index contributed by atoms with van der Waals surface area (Å²) in [6.07, 6.45) is 0. The van der Waals surface area contributed by atoms with Gasteiger partial charge in [0.05, 0.1) is 5.66 Å². The predicted molar refractivity (Wildman–Crippen MR) is 53.3 cm³/mol. The Morgan fingerprint density at radius 2 is 1.92 bits per heavy atom. The van der Waals surface area contributed by atoms with Crippen LogP contribution in [0.5, 0.6) is 0 Å². The van der Waals surface area contributed by atoms with Crippen LogP contribution in [0.3, 0.4) is 0 Å². The van der Waals surface area contributed by atoms with Gasteiger partial charge in [-0.1, -0.05) is 0 Å². The molecule has 6 heteroatoms. The van der Waals surface area contributed by atoms with Crippen molar-refractivity contribution in [3.05, 3.63) is 0 Å². The van der Waals surface area contributed by atoms with Crippen LogP contribution in [-0.4, -0.2) is 49.4 Å². The lowest BCUT2D eigenvalue weighted by Crippen LogP contribution is -2.51. The fourth-order valence-electron chi connectivity index (χ4n) is 1.51. The fraction of sp³-hybridized carbons (Fsp3) is 1.00. The van der Waals surface area contributed by atoms with Gasteiger partial charge in [0.1, 0.15) is 0 Å². The van der Waals surface area contributed by atoms with Crippen molar-refractivity contribution < 1.29 is 9.46 Å². The highest BCUT2D eigenvalue weighted by atomic mass is 31.2. The Bertz CT molecular complexity index is 206. The third-order valence-electron chi connectivity index (χ3n) is 2.32. The molecular formula is C7H18N3O2P. The molecular weight excluding hydrogens is 189 g/mol. The molecule has 0 aromatic carbocycles. The zero-order chi connectivity index (χ0) is 9.90. The van der Waals surface area contributed by atoms with Crippen LogP contribution in [0.25, 0.3) is 0 Å². The summed E-state index contributed by atoms with van der Waals surface area (Å²) in [7, 11) is -3.07. The molecule has 1 rings (SSSR count). The van der Waals surface area contributed by atoms with Crippen LogP contribution in [0.4, 0.5) is 0 Å². The number of hydrogen-bond acceptors (Lipinski definition) is 4. The Kier molecular flexibility index (Phi) is 3.88. The lowest BCUT2D eigenvalue weighted by molar-refractivity contribution is 0.422. The molecule has 0 aliphatic carbocycles. The molecule has 5 N–H and O–H groups in total.